The van der Waals surface area contributed by atoms with E-state index in [-0.39, 0.29) is 18.4 Å². The molecule has 28 heavy (non-hydrogen) atoms. The minimum absolute atomic E-state index is 0.268. The molecule has 0 bridgehead atoms. The Morgan fingerprint density at radius 1 is 1.18 bits per heavy atom. The number of carbonyl (C=O) groups is 3. The molecule has 0 aromatic carbocycles. The van der Waals surface area contributed by atoms with Gasteiger partial charge in [0.05, 0.1) is 6.20 Å². The fourth-order valence-corrected chi connectivity index (χ4v) is 3.02. The van der Waals surface area contributed by atoms with Crippen LogP contribution in [0.1, 0.15) is 33.6 Å². The Bertz CT molecular complexity index is 736. The van der Waals surface area contributed by atoms with Gasteiger partial charge >= 0.3 is 6.09 Å². The number of amides is 3. The quantitative estimate of drug-likeness (QED) is 0.777. The van der Waals surface area contributed by atoms with Gasteiger partial charge in [0, 0.05) is 39.0 Å². The van der Waals surface area contributed by atoms with E-state index in [1.165, 1.54) is 0 Å². The van der Waals surface area contributed by atoms with E-state index >= 15 is 0 Å². The van der Waals surface area contributed by atoms with E-state index in [4.69, 9.17) is 9.47 Å². The predicted molar refractivity (Wildman–Crippen MR) is 101 cm³/mol. The lowest BCUT2D eigenvalue weighted by molar-refractivity contribution is -0.138. The molecule has 0 spiro atoms. The first-order valence-electron chi connectivity index (χ1n) is 9.40. The van der Waals surface area contributed by atoms with Crippen molar-refractivity contribution in [1.82, 2.24) is 15.2 Å². The third-order valence-corrected chi connectivity index (χ3v) is 4.44. The van der Waals surface area contributed by atoms with E-state index < -0.39 is 17.6 Å². The fourth-order valence-electron chi connectivity index (χ4n) is 3.02. The zero-order valence-electron chi connectivity index (χ0n) is 16.4. The number of pyridine rings is 1. The minimum atomic E-state index is -0.678. The lowest BCUT2D eigenvalue weighted by Gasteiger charge is -2.36. The predicted octanol–water partition coefficient (Wildman–Crippen LogP) is 1.32. The molecule has 1 aromatic rings. The van der Waals surface area contributed by atoms with Crippen LogP contribution in [0.5, 0.6) is 5.75 Å². The van der Waals surface area contributed by atoms with Crippen LogP contribution in [0.15, 0.2) is 18.3 Å². The van der Waals surface area contributed by atoms with Crippen LogP contribution in [0.2, 0.25) is 0 Å². The van der Waals surface area contributed by atoms with E-state index in [1.54, 1.807) is 17.2 Å². The monoisotopic (exact) mass is 390 g/mol. The zero-order chi connectivity index (χ0) is 20.3. The number of ether oxygens (including phenoxy) is 2. The lowest BCUT2D eigenvalue weighted by Crippen LogP contribution is -2.50. The minimum Gasteiger partial charge on any atom is -0.479 e. The molecule has 1 N–H and O–H groups in total. The first-order chi connectivity index (χ1) is 13.2. The summed E-state index contributed by atoms with van der Waals surface area (Å²) in [6.07, 6.45) is 1.22. The highest BCUT2D eigenvalue weighted by atomic mass is 16.6. The van der Waals surface area contributed by atoms with Crippen molar-refractivity contribution in [2.75, 3.05) is 31.1 Å². The number of imide groups is 1. The third-order valence-electron chi connectivity index (χ3n) is 4.44. The number of piperazine rings is 1. The number of aromatic nitrogens is 1. The largest absolute Gasteiger partial charge is 0.479 e. The number of anilines is 1. The Balaban J connectivity index is 1.51. The zero-order valence-corrected chi connectivity index (χ0v) is 16.4. The van der Waals surface area contributed by atoms with E-state index in [2.05, 4.69) is 15.2 Å². The molecule has 2 fully saturated rings. The summed E-state index contributed by atoms with van der Waals surface area (Å²) < 4.78 is 11.0. The molecule has 3 heterocycles. The number of hydrogen-bond donors (Lipinski definition) is 1. The van der Waals surface area contributed by atoms with Crippen molar-refractivity contribution in [1.29, 1.82) is 0 Å². The lowest BCUT2D eigenvalue weighted by atomic mass is 10.1. The Morgan fingerprint density at radius 2 is 1.89 bits per heavy atom. The number of nitrogens with one attached hydrogen (secondary N) is 1. The van der Waals surface area contributed by atoms with Gasteiger partial charge in [-0.15, -0.1) is 0 Å². The molecule has 9 heteroatoms. The van der Waals surface area contributed by atoms with Gasteiger partial charge in [0.2, 0.25) is 5.91 Å². The fraction of sp³-hybridized carbons (Fsp3) is 0.579. The van der Waals surface area contributed by atoms with Gasteiger partial charge in [0.15, 0.2) is 6.10 Å². The van der Waals surface area contributed by atoms with Gasteiger partial charge in [-0.3, -0.25) is 14.9 Å². The SMILES string of the molecule is CC(C)(C)OC(=O)N1CCN(c2ccc(OC3CCC(=O)NC3=O)cn2)CC1. The normalized spacial score (nSPS) is 20.6. The van der Waals surface area contributed by atoms with E-state index in [1.807, 2.05) is 26.8 Å². The first-order valence-corrected chi connectivity index (χ1v) is 9.40. The number of hydrogen-bond acceptors (Lipinski definition) is 7. The van der Waals surface area contributed by atoms with Gasteiger partial charge < -0.3 is 19.3 Å². The maximum atomic E-state index is 12.1. The number of piperidine rings is 1. The molecule has 1 unspecified atom stereocenters. The Kier molecular flexibility index (Phi) is 5.71. The highest BCUT2D eigenvalue weighted by Crippen LogP contribution is 2.21. The average molecular weight is 390 g/mol. The number of rotatable bonds is 3. The summed E-state index contributed by atoms with van der Waals surface area (Å²) in [7, 11) is 0. The second-order valence-electron chi connectivity index (χ2n) is 7.86. The molecule has 0 aliphatic carbocycles. The molecule has 152 valence electrons. The van der Waals surface area contributed by atoms with Crippen molar-refractivity contribution < 1.29 is 23.9 Å². The highest BCUT2D eigenvalue weighted by molar-refractivity contribution is 5.99. The van der Waals surface area contributed by atoms with Crippen molar-refractivity contribution in [3.05, 3.63) is 18.3 Å². The standard InChI is InChI=1S/C19H26N4O5/c1-19(2,3)28-18(26)23-10-8-22(9-11-23)15-6-4-13(12-20-15)27-14-5-7-16(24)21-17(14)25/h4,6,12,14H,5,7-11H2,1-3H3,(H,21,24,25). The molecular weight excluding hydrogens is 364 g/mol. The number of carbonyl (C=O) groups excluding carboxylic acids is 3. The molecule has 2 aliphatic rings. The summed E-state index contributed by atoms with van der Waals surface area (Å²) in [5.41, 5.74) is -0.506. The summed E-state index contributed by atoms with van der Waals surface area (Å²) in [4.78, 5) is 43.3. The summed E-state index contributed by atoms with van der Waals surface area (Å²) >= 11 is 0. The maximum absolute atomic E-state index is 12.1. The summed E-state index contributed by atoms with van der Waals surface area (Å²) in [5.74, 6) is 0.563. The van der Waals surface area contributed by atoms with Crippen molar-refractivity contribution in [3.8, 4) is 5.75 Å². The summed E-state index contributed by atoms with van der Waals surface area (Å²) in [5, 5.41) is 2.27. The molecule has 0 radical (unpaired) electrons. The molecule has 3 rings (SSSR count). The van der Waals surface area contributed by atoms with Crippen molar-refractivity contribution in [2.24, 2.45) is 0 Å². The summed E-state index contributed by atoms with van der Waals surface area (Å²) in [6, 6.07) is 3.58. The van der Waals surface area contributed by atoms with Crippen molar-refractivity contribution >= 4 is 23.7 Å². The van der Waals surface area contributed by atoms with Crippen LogP contribution in [0, 0.1) is 0 Å². The van der Waals surface area contributed by atoms with Crippen LogP contribution in [0.4, 0.5) is 10.6 Å². The Labute approximate surface area is 164 Å². The first kappa shape index (κ1) is 19.9. The molecule has 1 atom stereocenters. The van der Waals surface area contributed by atoms with Crippen LogP contribution >= 0.6 is 0 Å². The number of nitrogens with zero attached hydrogens (tertiary/aromatic N) is 3. The third kappa shape index (κ3) is 5.11. The van der Waals surface area contributed by atoms with Crippen LogP contribution in [-0.4, -0.2) is 65.7 Å². The van der Waals surface area contributed by atoms with Crippen molar-refractivity contribution in [2.45, 2.75) is 45.3 Å². The molecule has 2 aliphatic heterocycles. The molecule has 1 aromatic heterocycles. The second kappa shape index (κ2) is 8.04. The molecule has 3 amide bonds. The smallest absolute Gasteiger partial charge is 0.410 e. The van der Waals surface area contributed by atoms with Crippen LogP contribution in [0.25, 0.3) is 0 Å². The highest BCUT2D eigenvalue weighted by Gasteiger charge is 2.29. The van der Waals surface area contributed by atoms with Gasteiger partial charge in [-0.1, -0.05) is 0 Å². The molecular formula is C19H26N4O5. The molecule has 2 saturated heterocycles. The van der Waals surface area contributed by atoms with E-state index in [9.17, 15) is 14.4 Å². The second-order valence-corrected chi connectivity index (χ2v) is 7.86. The van der Waals surface area contributed by atoms with Gasteiger partial charge in [-0.2, -0.15) is 0 Å². The van der Waals surface area contributed by atoms with Crippen molar-refractivity contribution in [3.63, 3.8) is 0 Å². The van der Waals surface area contributed by atoms with Crippen LogP contribution in [0.3, 0.4) is 0 Å². The Morgan fingerprint density at radius 3 is 2.46 bits per heavy atom. The van der Waals surface area contributed by atoms with Gasteiger partial charge in [0.1, 0.15) is 17.2 Å². The Hall–Kier alpha value is -2.84. The van der Waals surface area contributed by atoms with Crippen LogP contribution < -0.4 is 15.0 Å². The van der Waals surface area contributed by atoms with E-state index in [0.29, 0.717) is 38.3 Å². The summed E-state index contributed by atoms with van der Waals surface area (Å²) in [6.45, 7) is 7.98. The maximum Gasteiger partial charge on any atom is 0.410 e. The van der Waals surface area contributed by atoms with Gasteiger partial charge in [-0.05, 0) is 32.9 Å². The van der Waals surface area contributed by atoms with Crippen LogP contribution in [-0.2, 0) is 14.3 Å². The average Bonchev–Trinajstić information content (AvgIpc) is 2.63. The molecule has 0 saturated carbocycles. The molecule has 9 nitrogen and oxygen atoms in total. The topological polar surface area (TPSA) is 101 Å². The van der Waals surface area contributed by atoms with Gasteiger partial charge in [-0.25, -0.2) is 9.78 Å². The van der Waals surface area contributed by atoms with E-state index in [0.717, 1.165) is 5.82 Å². The van der Waals surface area contributed by atoms with Gasteiger partial charge in [0.25, 0.3) is 5.91 Å².